The van der Waals surface area contributed by atoms with Crippen molar-refractivity contribution in [3.63, 3.8) is 0 Å². The molecule has 0 bridgehead atoms. The SMILES string of the molecule is CN(C)C1CCCCC1.O=c1[nH]cnc2sc3c(c12)CNCC3.OCCS. The first-order valence-corrected chi connectivity index (χ1v) is 11.1. The molecule has 2 aromatic heterocycles. The van der Waals surface area contributed by atoms with Crippen molar-refractivity contribution in [2.75, 3.05) is 33.0 Å². The average Bonchev–Trinajstić information content (AvgIpc) is 3.09. The summed E-state index contributed by atoms with van der Waals surface area (Å²) in [7, 11) is 4.38. The van der Waals surface area contributed by atoms with Gasteiger partial charge in [-0.05, 0) is 38.9 Å². The van der Waals surface area contributed by atoms with Gasteiger partial charge in [-0.2, -0.15) is 12.6 Å². The highest BCUT2D eigenvalue weighted by Gasteiger charge is 2.18. The van der Waals surface area contributed by atoms with Crippen molar-refractivity contribution >= 4 is 34.2 Å². The van der Waals surface area contributed by atoms with Gasteiger partial charge in [0.2, 0.25) is 0 Å². The molecule has 6 nitrogen and oxygen atoms in total. The van der Waals surface area contributed by atoms with Crippen molar-refractivity contribution in [2.45, 2.75) is 51.1 Å². The first-order chi connectivity index (χ1) is 13.1. The number of hydrogen-bond donors (Lipinski definition) is 4. The molecule has 3 heterocycles. The topological polar surface area (TPSA) is 81.2 Å². The number of thiol groups is 1. The summed E-state index contributed by atoms with van der Waals surface area (Å²) in [6.07, 6.45) is 9.69. The molecule has 0 spiro atoms. The molecule has 152 valence electrons. The Balaban J connectivity index is 0.000000174. The second-order valence-corrected chi connectivity index (χ2v) is 8.58. The summed E-state index contributed by atoms with van der Waals surface area (Å²) in [6.45, 7) is 1.98. The van der Waals surface area contributed by atoms with Crippen LogP contribution in [0.25, 0.3) is 10.2 Å². The van der Waals surface area contributed by atoms with Crippen LogP contribution in [0.2, 0.25) is 0 Å². The fourth-order valence-electron chi connectivity index (χ4n) is 3.45. The van der Waals surface area contributed by atoms with Crippen LogP contribution < -0.4 is 10.9 Å². The maximum Gasteiger partial charge on any atom is 0.259 e. The molecule has 8 heteroatoms. The zero-order valence-corrected chi connectivity index (χ0v) is 18.0. The molecule has 27 heavy (non-hydrogen) atoms. The zero-order valence-electron chi connectivity index (χ0n) is 16.3. The molecule has 1 saturated carbocycles. The van der Waals surface area contributed by atoms with Gasteiger partial charge in [0.05, 0.1) is 18.3 Å². The number of aliphatic hydroxyl groups is 1. The van der Waals surface area contributed by atoms with Crippen LogP contribution in [0.15, 0.2) is 11.1 Å². The quantitative estimate of drug-likeness (QED) is 0.570. The Morgan fingerprint density at radius 3 is 2.63 bits per heavy atom. The number of H-pyrrole nitrogens is 1. The normalized spacial score (nSPS) is 16.9. The number of aromatic nitrogens is 2. The van der Waals surface area contributed by atoms with E-state index in [1.54, 1.807) is 11.3 Å². The maximum absolute atomic E-state index is 11.6. The zero-order chi connectivity index (χ0) is 19.6. The number of nitrogens with one attached hydrogen (secondary N) is 2. The van der Waals surface area contributed by atoms with Gasteiger partial charge in [-0.15, -0.1) is 11.3 Å². The molecular formula is C19H32N4O2S2. The molecule has 1 aliphatic carbocycles. The van der Waals surface area contributed by atoms with Crippen molar-refractivity contribution in [3.8, 4) is 0 Å². The Morgan fingerprint density at radius 2 is 2.04 bits per heavy atom. The maximum atomic E-state index is 11.6. The molecule has 0 saturated heterocycles. The third kappa shape index (κ3) is 6.57. The van der Waals surface area contributed by atoms with E-state index < -0.39 is 0 Å². The molecule has 0 unspecified atom stereocenters. The Hall–Kier alpha value is -0.930. The van der Waals surface area contributed by atoms with Crippen LogP contribution in [0.3, 0.4) is 0 Å². The molecule has 0 atom stereocenters. The number of fused-ring (bicyclic) bond motifs is 3. The first-order valence-electron chi connectivity index (χ1n) is 9.65. The standard InChI is InChI=1S/C9H9N3OS.C8H17N.C2H6OS/c13-8-7-5-3-10-2-1-6(5)14-9(7)12-4-11-8;1-9(2)8-6-4-3-5-7-8;3-1-2-4/h4,10H,1-3H2,(H,11,12,13);8H,3-7H2,1-2H3;3-4H,1-2H2. The van der Waals surface area contributed by atoms with Crippen LogP contribution in [0.4, 0.5) is 0 Å². The van der Waals surface area contributed by atoms with E-state index in [1.807, 2.05) is 0 Å². The lowest BCUT2D eigenvalue weighted by atomic mass is 9.95. The minimum atomic E-state index is -0.0174. The molecule has 1 fully saturated rings. The van der Waals surface area contributed by atoms with Crippen molar-refractivity contribution in [1.29, 1.82) is 0 Å². The molecule has 0 radical (unpaired) electrons. The van der Waals surface area contributed by atoms with Crippen LogP contribution in [-0.4, -0.2) is 59.0 Å². The van der Waals surface area contributed by atoms with E-state index in [4.69, 9.17) is 5.11 Å². The van der Waals surface area contributed by atoms with Gasteiger partial charge in [-0.25, -0.2) is 4.98 Å². The minimum Gasteiger partial charge on any atom is -0.396 e. The Kier molecular flexibility index (Phi) is 9.78. The molecule has 0 aromatic carbocycles. The summed E-state index contributed by atoms with van der Waals surface area (Å²) in [4.78, 5) is 22.9. The molecule has 2 aliphatic rings. The molecule has 0 amide bonds. The van der Waals surface area contributed by atoms with Gasteiger partial charge >= 0.3 is 0 Å². The number of hydrogen-bond acceptors (Lipinski definition) is 7. The molecular weight excluding hydrogens is 380 g/mol. The lowest BCUT2D eigenvalue weighted by Crippen LogP contribution is -2.29. The van der Waals surface area contributed by atoms with Crippen molar-refractivity contribution < 1.29 is 5.11 Å². The minimum absolute atomic E-state index is 0.0174. The highest BCUT2D eigenvalue weighted by molar-refractivity contribution is 7.80. The van der Waals surface area contributed by atoms with Gasteiger partial charge in [0, 0.05) is 29.8 Å². The average molecular weight is 413 g/mol. The molecule has 4 rings (SSSR count). The van der Waals surface area contributed by atoms with Crippen molar-refractivity contribution in [1.82, 2.24) is 20.2 Å². The van der Waals surface area contributed by atoms with E-state index >= 15 is 0 Å². The highest BCUT2D eigenvalue weighted by atomic mass is 32.1. The van der Waals surface area contributed by atoms with E-state index in [0.29, 0.717) is 5.75 Å². The highest BCUT2D eigenvalue weighted by Crippen LogP contribution is 2.29. The Morgan fingerprint density at radius 1 is 1.33 bits per heavy atom. The smallest absolute Gasteiger partial charge is 0.259 e. The second-order valence-electron chi connectivity index (χ2n) is 7.05. The third-order valence-electron chi connectivity index (χ3n) is 4.91. The van der Waals surface area contributed by atoms with E-state index in [1.165, 1.54) is 43.3 Å². The molecule has 1 aliphatic heterocycles. The fraction of sp³-hybridized carbons (Fsp3) is 0.684. The second kappa shape index (κ2) is 11.8. The number of nitrogens with zero attached hydrogens (tertiary/aromatic N) is 2. The summed E-state index contributed by atoms with van der Waals surface area (Å²) in [6, 6.07) is 0.888. The van der Waals surface area contributed by atoms with Gasteiger partial charge in [-0.3, -0.25) is 4.79 Å². The largest absolute Gasteiger partial charge is 0.396 e. The Bertz CT molecular complexity index is 737. The summed E-state index contributed by atoms with van der Waals surface area (Å²) < 4.78 is 0. The summed E-state index contributed by atoms with van der Waals surface area (Å²) in [5.74, 6) is 0.569. The van der Waals surface area contributed by atoms with Crippen LogP contribution in [-0.2, 0) is 13.0 Å². The monoisotopic (exact) mass is 412 g/mol. The lowest BCUT2D eigenvalue weighted by molar-refractivity contribution is 0.229. The first kappa shape index (κ1) is 22.4. The van der Waals surface area contributed by atoms with Gasteiger partial charge in [0.1, 0.15) is 4.83 Å². The number of rotatable bonds is 2. The summed E-state index contributed by atoms with van der Waals surface area (Å²) >= 11 is 5.31. The van der Waals surface area contributed by atoms with E-state index in [2.05, 4.69) is 46.9 Å². The van der Waals surface area contributed by atoms with Gasteiger partial charge < -0.3 is 20.3 Å². The third-order valence-corrected chi connectivity index (χ3v) is 6.31. The Labute approximate surface area is 170 Å². The van der Waals surface area contributed by atoms with Crippen LogP contribution in [0.5, 0.6) is 0 Å². The number of thiophene rings is 1. The van der Waals surface area contributed by atoms with Gasteiger partial charge in [0.15, 0.2) is 0 Å². The molecule has 2 aromatic rings. The lowest BCUT2D eigenvalue weighted by Gasteiger charge is -2.27. The van der Waals surface area contributed by atoms with Crippen LogP contribution in [0, 0.1) is 0 Å². The molecule has 3 N–H and O–H groups in total. The van der Waals surface area contributed by atoms with E-state index in [-0.39, 0.29) is 12.2 Å². The van der Waals surface area contributed by atoms with Crippen molar-refractivity contribution in [2.24, 2.45) is 0 Å². The predicted molar refractivity (Wildman–Crippen MR) is 117 cm³/mol. The van der Waals surface area contributed by atoms with E-state index in [9.17, 15) is 4.79 Å². The van der Waals surface area contributed by atoms with Gasteiger partial charge in [0.25, 0.3) is 5.56 Å². The predicted octanol–water partition coefficient (Wildman–Crippen LogP) is 2.42. The van der Waals surface area contributed by atoms with Crippen LogP contribution in [0.1, 0.15) is 42.5 Å². The number of aliphatic hydroxyl groups excluding tert-OH is 1. The summed E-state index contributed by atoms with van der Waals surface area (Å²) in [5.41, 5.74) is 1.13. The fourth-order valence-corrected chi connectivity index (χ4v) is 4.60. The van der Waals surface area contributed by atoms with Crippen molar-refractivity contribution in [3.05, 3.63) is 27.1 Å². The summed E-state index contributed by atoms with van der Waals surface area (Å²) in [5, 5.41) is 11.8. The van der Waals surface area contributed by atoms with E-state index in [0.717, 1.165) is 41.3 Å². The van der Waals surface area contributed by atoms with Gasteiger partial charge in [-0.1, -0.05) is 19.3 Å². The van der Waals surface area contributed by atoms with Crippen LogP contribution >= 0.6 is 24.0 Å². The number of aromatic amines is 1.